The van der Waals surface area contributed by atoms with Gasteiger partial charge >= 0.3 is 0 Å². The highest BCUT2D eigenvalue weighted by atomic mass is 32.2. The van der Waals surface area contributed by atoms with E-state index in [-0.39, 0.29) is 11.4 Å². The lowest BCUT2D eigenvalue weighted by Gasteiger charge is -2.09. The zero-order chi connectivity index (χ0) is 19.5. The van der Waals surface area contributed by atoms with Gasteiger partial charge in [-0.05, 0) is 29.6 Å². The molecule has 2 aromatic heterocycles. The summed E-state index contributed by atoms with van der Waals surface area (Å²) in [6.45, 7) is 0. The van der Waals surface area contributed by atoms with Crippen LogP contribution in [0.4, 0.5) is 14.5 Å². The number of amides is 1. The molecular formula is C20H13F2N3OS2. The van der Waals surface area contributed by atoms with Gasteiger partial charge in [-0.3, -0.25) is 4.79 Å². The molecule has 1 amide bonds. The van der Waals surface area contributed by atoms with Crippen LogP contribution in [0.25, 0.3) is 21.6 Å². The third-order valence-electron chi connectivity index (χ3n) is 3.85. The van der Waals surface area contributed by atoms with Crippen molar-refractivity contribution in [1.29, 1.82) is 0 Å². The summed E-state index contributed by atoms with van der Waals surface area (Å²) in [7, 11) is 0. The van der Waals surface area contributed by atoms with Crippen molar-refractivity contribution in [3.8, 4) is 10.7 Å². The first-order chi connectivity index (χ1) is 13.6. The molecule has 0 spiro atoms. The van der Waals surface area contributed by atoms with E-state index in [2.05, 4.69) is 15.3 Å². The second-order valence-electron chi connectivity index (χ2n) is 5.81. The third kappa shape index (κ3) is 4.02. The fourth-order valence-corrected chi connectivity index (χ4v) is 4.06. The van der Waals surface area contributed by atoms with E-state index in [4.69, 9.17) is 0 Å². The van der Waals surface area contributed by atoms with E-state index in [1.54, 1.807) is 0 Å². The molecule has 0 unspecified atom stereocenters. The molecule has 28 heavy (non-hydrogen) atoms. The highest BCUT2D eigenvalue weighted by Gasteiger charge is 2.13. The molecule has 1 N–H and O–H groups in total. The molecule has 4 rings (SSSR count). The SMILES string of the molecule is O=C(CSc1nc(-c2cccs2)nc2ccccc12)Nc1cc(F)ccc1F. The summed E-state index contributed by atoms with van der Waals surface area (Å²) in [6, 6.07) is 14.3. The number of carbonyl (C=O) groups is 1. The van der Waals surface area contributed by atoms with Gasteiger partial charge in [0.05, 0.1) is 21.8 Å². The second kappa shape index (κ2) is 8.04. The molecule has 4 nitrogen and oxygen atoms in total. The van der Waals surface area contributed by atoms with Gasteiger partial charge in [0, 0.05) is 11.5 Å². The van der Waals surface area contributed by atoms with E-state index in [0.717, 1.165) is 34.0 Å². The predicted octanol–water partition coefficient (Wildman–Crippen LogP) is 5.37. The Morgan fingerprint density at radius 3 is 2.75 bits per heavy atom. The van der Waals surface area contributed by atoms with Crippen molar-refractivity contribution in [2.75, 3.05) is 11.1 Å². The fourth-order valence-electron chi connectivity index (χ4n) is 2.59. The van der Waals surface area contributed by atoms with Crippen molar-refractivity contribution in [3.05, 3.63) is 71.6 Å². The molecular weight excluding hydrogens is 400 g/mol. The normalized spacial score (nSPS) is 10.9. The van der Waals surface area contributed by atoms with Gasteiger partial charge in [-0.15, -0.1) is 11.3 Å². The molecule has 0 saturated heterocycles. The van der Waals surface area contributed by atoms with E-state index in [9.17, 15) is 13.6 Å². The molecule has 0 radical (unpaired) electrons. The Morgan fingerprint density at radius 1 is 1.07 bits per heavy atom. The molecule has 0 fully saturated rings. The number of halogens is 2. The molecule has 0 aliphatic carbocycles. The largest absolute Gasteiger partial charge is 0.323 e. The number of para-hydroxylation sites is 1. The number of hydrogen-bond donors (Lipinski definition) is 1. The zero-order valence-electron chi connectivity index (χ0n) is 14.4. The van der Waals surface area contributed by atoms with Crippen molar-refractivity contribution in [2.45, 2.75) is 5.03 Å². The van der Waals surface area contributed by atoms with Crippen LogP contribution in [0, 0.1) is 11.6 Å². The number of benzene rings is 2. The van der Waals surface area contributed by atoms with E-state index in [0.29, 0.717) is 10.9 Å². The number of carbonyl (C=O) groups excluding carboxylic acids is 1. The van der Waals surface area contributed by atoms with Crippen LogP contribution < -0.4 is 5.32 Å². The van der Waals surface area contributed by atoms with Crippen LogP contribution in [-0.4, -0.2) is 21.6 Å². The molecule has 140 valence electrons. The molecule has 4 aromatic rings. The van der Waals surface area contributed by atoms with E-state index in [1.165, 1.54) is 23.1 Å². The Bertz CT molecular complexity index is 1150. The Kier molecular flexibility index (Phi) is 5.31. The van der Waals surface area contributed by atoms with Gasteiger partial charge in [-0.1, -0.05) is 36.0 Å². The molecule has 0 aliphatic rings. The molecule has 0 saturated carbocycles. The van der Waals surface area contributed by atoms with Crippen LogP contribution in [0.2, 0.25) is 0 Å². The standard InChI is InChI=1S/C20H13F2N3OS2/c21-12-7-8-14(22)16(10-12)23-18(26)11-28-20-13-4-1-2-5-15(13)24-19(25-20)17-6-3-9-27-17/h1-10H,11H2,(H,23,26). The van der Waals surface area contributed by atoms with Crippen LogP contribution in [0.3, 0.4) is 0 Å². The number of thioether (sulfide) groups is 1. The van der Waals surface area contributed by atoms with Gasteiger partial charge in [0.2, 0.25) is 5.91 Å². The fraction of sp³-hybridized carbons (Fsp3) is 0.0500. The minimum absolute atomic E-state index is 0.000835. The second-order valence-corrected chi connectivity index (χ2v) is 7.72. The van der Waals surface area contributed by atoms with Gasteiger partial charge in [-0.25, -0.2) is 18.7 Å². The van der Waals surface area contributed by atoms with Crippen molar-refractivity contribution in [1.82, 2.24) is 9.97 Å². The molecule has 8 heteroatoms. The quantitative estimate of drug-likeness (QED) is 0.353. The van der Waals surface area contributed by atoms with Crippen LogP contribution in [0.1, 0.15) is 0 Å². The highest BCUT2D eigenvalue weighted by Crippen LogP contribution is 2.30. The zero-order valence-corrected chi connectivity index (χ0v) is 16.0. The average molecular weight is 413 g/mol. The van der Waals surface area contributed by atoms with E-state index in [1.807, 2.05) is 41.8 Å². The van der Waals surface area contributed by atoms with Crippen molar-refractivity contribution < 1.29 is 13.6 Å². The van der Waals surface area contributed by atoms with Gasteiger partial charge in [0.15, 0.2) is 5.82 Å². The molecule has 2 heterocycles. The monoisotopic (exact) mass is 413 g/mol. The van der Waals surface area contributed by atoms with Crippen molar-refractivity contribution in [3.63, 3.8) is 0 Å². The number of anilines is 1. The first-order valence-electron chi connectivity index (χ1n) is 8.28. The summed E-state index contributed by atoms with van der Waals surface area (Å²) in [5.74, 6) is -1.16. The van der Waals surface area contributed by atoms with Crippen LogP contribution in [0.15, 0.2) is 65.0 Å². The van der Waals surface area contributed by atoms with Gasteiger partial charge in [0.1, 0.15) is 16.7 Å². The first kappa shape index (κ1) is 18.5. The lowest BCUT2D eigenvalue weighted by atomic mass is 10.2. The topological polar surface area (TPSA) is 54.9 Å². The van der Waals surface area contributed by atoms with Crippen molar-refractivity contribution >= 4 is 45.6 Å². The minimum atomic E-state index is -0.688. The summed E-state index contributed by atoms with van der Waals surface area (Å²) >= 11 is 2.76. The molecule has 0 atom stereocenters. The van der Waals surface area contributed by atoms with Crippen LogP contribution >= 0.6 is 23.1 Å². The van der Waals surface area contributed by atoms with Crippen LogP contribution in [0.5, 0.6) is 0 Å². The van der Waals surface area contributed by atoms with Gasteiger partial charge < -0.3 is 5.32 Å². The summed E-state index contributed by atoms with van der Waals surface area (Å²) < 4.78 is 27.0. The number of hydrogen-bond acceptors (Lipinski definition) is 5. The Labute approximate surface area is 167 Å². The highest BCUT2D eigenvalue weighted by molar-refractivity contribution is 8.00. The molecule has 0 bridgehead atoms. The lowest BCUT2D eigenvalue weighted by molar-refractivity contribution is -0.113. The molecule has 2 aromatic carbocycles. The van der Waals surface area contributed by atoms with Crippen molar-refractivity contribution in [2.24, 2.45) is 0 Å². The molecule has 0 aliphatic heterocycles. The number of aromatic nitrogens is 2. The third-order valence-corrected chi connectivity index (χ3v) is 5.71. The predicted molar refractivity (Wildman–Crippen MR) is 109 cm³/mol. The Hall–Kier alpha value is -2.84. The smallest absolute Gasteiger partial charge is 0.234 e. The van der Waals surface area contributed by atoms with Crippen LogP contribution in [-0.2, 0) is 4.79 Å². The summed E-state index contributed by atoms with van der Waals surface area (Å²) in [5, 5.41) is 5.83. The summed E-state index contributed by atoms with van der Waals surface area (Å²) in [4.78, 5) is 22.4. The van der Waals surface area contributed by atoms with Gasteiger partial charge in [-0.2, -0.15) is 0 Å². The maximum Gasteiger partial charge on any atom is 0.234 e. The number of thiophene rings is 1. The van der Waals surface area contributed by atoms with E-state index < -0.39 is 17.5 Å². The number of rotatable bonds is 5. The lowest BCUT2D eigenvalue weighted by Crippen LogP contribution is -2.15. The summed E-state index contributed by atoms with van der Waals surface area (Å²) in [5.41, 5.74) is 0.595. The summed E-state index contributed by atoms with van der Waals surface area (Å²) in [6.07, 6.45) is 0. The maximum atomic E-state index is 13.7. The number of nitrogens with one attached hydrogen (secondary N) is 1. The average Bonchev–Trinajstić information content (AvgIpc) is 3.23. The maximum absolute atomic E-state index is 13.7. The Balaban J connectivity index is 1.57. The van der Waals surface area contributed by atoms with E-state index >= 15 is 0 Å². The van der Waals surface area contributed by atoms with Gasteiger partial charge in [0.25, 0.3) is 0 Å². The number of nitrogens with zero attached hydrogens (tertiary/aromatic N) is 2. The minimum Gasteiger partial charge on any atom is -0.323 e. The number of fused-ring (bicyclic) bond motifs is 1. The Morgan fingerprint density at radius 2 is 1.93 bits per heavy atom. The first-order valence-corrected chi connectivity index (χ1v) is 10.1.